The normalized spacial score (nSPS) is 23.8. The van der Waals surface area contributed by atoms with E-state index in [0.717, 1.165) is 16.9 Å². The molecule has 0 saturated heterocycles. The molecule has 0 aliphatic heterocycles. The van der Waals surface area contributed by atoms with E-state index < -0.39 is 0 Å². The minimum absolute atomic E-state index is 0.231. The second-order valence-electron chi connectivity index (χ2n) is 5.65. The molecule has 1 aromatic carbocycles. The van der Waals surface area contributed by atoms with Crippen LogP contribution in [-0.2, 0) is 6.42 Å². The van der Waals surface area contributed by atoms with Crippen LogP contribution in [0.15, 0.2) is 24.3 Å². The van der Waals surface area contributed by atoms with Crippen molar-refractivity contribution in [2.45, 2.75) is 32.8 Å². The lowest BCUT2D eigenvalue weighted by atomic mass is 10.0. The van der Waals surface area contributed by atoms with Gasteiger partial charge in [-0.2, -0.15) is 0 Å². The molecule has 90 valence electrons. The Morgan fingerprint density at radius 1 is 1.47 bits per heavy atom. The zero-order valence-corrected chi connectivity index (χ0v) is 11.0. The quantitative estimate of drug-likeness (QED) is 0.903. The van der Waals surface area contributed by atoms with Gasteiger partial charge in [0.2, 0.25) is 0 Å². The van der Waals surface area contributed by atoms with Gasteiger partial charge in [-0.3, -0.25) is 0 Å². The average molecular weight is 247 g/mol. The molecule has 1 aromatic heterocycles. The van der Waals surface area contributed by atoms with E-state index in [0.29, 0.717) is 17.8 Å². The van der Waals surface area contributed by atoms with Crippen molar-refractivity contribution in [3.8, 4) is 0 Å². The lowest BCUT2D eigenvalue weighted by molar-refractivity contribution is 0.137. The van der Waals surface area contributed by atoms with Gasteiger partial charge < -0.3 is 5.11 Å². The molecular formula is C14H17NOS. The van der Waals surface area contributed by atoms with Crippen LogP contribution < -0.4 is 0 Å². The molecule has 1 N–H and O–H groups in total. The molecule has 17 heavy (non-hydrogen) atoms. The molecule has 2 aromatic rings. The monoisotopic (exact) mass is 247 g/mol. The van der Waals surface area contributed by atoms with Crippen molar-refractivity contribution in [1.29, 1.82) is 0 Å². The van der Waals surface area contributed by atoms with Crippen LogP contribution in [0.4, 0.5) is 0 Å². The molecule has 0 radical (unpaired) electrons. The van der Waals surface area contributed by atoms with E-state index in [1.54, 1.807) is 11.3 Å². The minimum Gasteiger partial charge on any atom is -0.392 e. The molecule has 2 atom stereocenters. The van der Waals surface area contributed by atoms with Crippen LogP contribution in [0.3, 0.4) is 0 Å². The largest absolute Gasteiger partial charge is 0.392 e. The van der Waals surface area contributed by atoms with Gasteiger partial charge >= 0.3 is 0 Å². The van der Waals surface area contributed by atoms with Crippen LogP contribution in [-0.4, -0.2) is 16.2 Å². The lowest BCUT2D eigenvalue weighted by Gasteiger charge is -2.10. The molecule has 2 unspecified atom stereocenters. The van der Waals surface area contributed by atoms with Gasteiger partial charge in [-0.1, -0.05) is 26.0 Å². The van der Waals surface area contributed by atoms with Gasteiger partial charge in [0.1, 0.15) is 0 Å². The van der Waals surface area contributed by atoms with Gasteiger partial charge in [0.25, 0.3) is 0 Å². The van der Waals surface area contributed by atoms with Crippen LogP contribution in [0.25, 0.3) is 10.2 Å². The predicted octanol–water partition coefficient (Wildman–Crippen LogP) is 3.25. The highest BCUT2D eigenvalue weighted by Crippen LogP contribution is 2.54. The van der Waals surface area contributed by atoms with E-state index in [1.165, 1.54) is 4.70 Å². The SMILES string of the molecule is CC1(C)CC1C(O)Cc1nc2ccccc2s1. The Balaban J connectivity index is 1.77. The van der Waals surface area contributed by atoms with Crippen molar-refractivity contribution in [2.75, 3.05) is 0 Å². The highest BCUT2D eigenvalue weighted by atomic mass is 32.1. The van der Waals surface area contributed by atoms with Crippen LogP contribution in [0.1, 0.15) is 25.3 Å². The maximum absolute atomic E-state index is 10.2. The first-order valence-corrected chi connectivity index (χ1v) is 6.90. The summed E-state index contributed by atoms with van der Waals surface area (Å²) in [5.41, 5.74) is 1.38. The van der Waals surface area contributed by atoms with E-state index >= 15 is 0 Å². The zero-order valence-electron chi connectivity index (χ0n) is 10.2. The highest BCUT2D eigenvalue weighted by Gasteiger charge is 2.49. The molecule has 1 aliphatic carbocycles. The maximum Gasteiger partial charge on any atom is 0.0964 e. The fourth-order valence-electron chi connectivity index (χ4n) is 2.49. The average Bonchev–Trinajstić information content (AvgIpc) is 2.73. The van der Waals surface area contributed by atoms with Gasteiger partial charge in [0.15, 0.2) is 0 Å². The lowest BCUT2D eigenvalue weighted by Crippen LogP contribution is -2.16. The summed E-state index contributed by atoms with van der Waals surface area (Å²) >= 11 is 1.70. The molecular weight excluding hydrogens is 230 g/mol. The molecule has 3 heteroatoms. The zero-order chi connectivity index (χ0) is 12.0. The van der Waals surface area contributed by atoms with Crippen LogP contribution >= 0.6 is 11.3 Å². The molecule has 1 saturated carbocycles. The second-order valence-corrected chi connectivity index (χ2v) is 6.76. The number of fused-ring (bicyclic) bond motifs is 1. The number of benzene rings is 1. The first-order valence-electron chi connectivity index (χ1n) is 6.09. The van der Waals surface area contributed by atoms with Gasteiger partial charge in [-0.25, -0.2) is 4.98 Å². The Labute approximate surface area is 105 Å². The van der Waals surface area contributed by atoms with Crippen molar-refractivity contribution in [1.82, 2.24) is 4.98 Å². The third-order valence-electron chi connectivity index (χ3n) is 3.78. The number of aliphatic hydroxyl groups is 1. The smallest absolute Gasteiger partial charge is 0.0964 e. The summed E-state index contributed by atoms with van der Waals surface area (Å²) in [4.78, 5) is 4.57. The number of aliphatic hydroxyl groups excluding tert-OH is 1. The molecule has 1 heterocycles. The Morgan fingerprint density at radius 3 is 2.82 bits per heavy atom. The van der Waals surface area contributed by atoms with Crippen LogP contribution in [0, 0.1) is 11.3 Å². The minimum atomic E-state index is -0.231. The van der Waals surface area contributed by atoms with Gasteiger partial charge in [0, 0.05) is 6.42 Å². The molecule has 2 nitrogen and oxygen atoms in total. The topological polar surface area (TPSA) is 33.1 Å². The molecule has 3 rings (SSSR count). The number of aromatic nitrogens is 1. The molecule has 1 fully saturated rings. The number of hydrogen-bond acceptors (Lipinski definition) is 3. The first-order chi connectivity index (χ1) is 8.06. The maximum atomic E-state index is 10.2. The number of thiazole rings is 1. The van der Waals surface area contributed by atoms with Crippen molar-refractivity contribution >= 4 is 21.6 Å². The van der Waals surface area contributed by atoms with E-state index in [4.69, 9.17) is 0 Å². The number of hydrogen-bond donors (Lipinski definition) is 1. The van der Waals surface area contributed by atoms with Crippen molar-refractivity contribution < 1.29 is 5.11 Å². The summed E-state index contributed by atoms with van der Waals surface area (Å²) in [6.07, 6.45) is 1.61. The summed E-state index contributed by atoms with van der Waals surface area (Å²) in [5, 5.41) is 11.2. The summed E-state index contributed by atoms with van der Waals surface area (Å²) in [6.45, 7) is 4.44. The van der Waals surface area contributed by atoms with Gasteiger partial charge in [-0.05, 0) is 29.9 Å². The van der Waals surface area contributed by atoms with E-state index in [-0.39, 0.29) is 6.10 Å². The fourth-order valence-corrected chi connectivity index (χ4v) is 3.51. The van der Waals surface area contributed by atoms with Gasteiger partial charge in [-0.15, -0.1) is 11.3 Å². The number of para-hydroxylation sites is 1. The number of nitrogens with zero attached hydrogens (tertiary/aromatic N) is 1. The van der Waals surface area contributed by atoms with Gasteiger partial charge in [0.05, 0.1) is 21.3 Å². The molecule has 0 spiro atoms. The predicted molar refractivity (Wildman–Crippen MR) is 71.2 cm³/mol. The highest BCUT2D eigenvalue weighted by molar-refractivity contribution is 7.18. The molecule has 1 aliphatic rings. The third kappa shape index (κ3) is 2.09. The van der Waals surface area contributed by atoms with Crippen molar-refractivity contribution in [2.24, 2.45) is 11.3 Å². The Morgan fingerprint density at radius 2 is 2.18 bits per heavy atom. The molecule has 0 bridgehead atoms. The number of rotatable bonds is 3. The van der Waals surface area contributed by atoms with Crippen molar-refractivity contribution in [3.63, 3.8) is 0 Å². The Hall–Kier alpha value is -0.930. The summed E-state index contributed by atoms with van der Waals surface area (Å²) in [6, 6.07) is 8.16. The van der Waals surface area contributed by atoms with E-state index in [1.807, 2.05) is 18.2 Å². The summed E-state index contributed by atoms with van der Waals surface area (Å²) in [7, 11) is 0. The molecule has 0 amide bonds. The third-order valence-corrected chi connectivity index (χ3v) is 4.83. The summed E-state index contributed by atoms with van der Waals surface area (Å²) in [5.74, 6) is 0.453. The van der Waals surface area contributed by atoms with Crippen molar-refractivity contribution in [3.05, 3.63) is 29.3 Å². The Kier molecular flexibility index (Phi) is 2.49. The Bertz CT molecular complexity index is 513. The summed E-state index contributed by atoms with van der Waals surface area (Å²) < 4.78 is 1.21. The fraction of sp³-hybridized carbons (Fsp3) is 0.500. The van der Waals surface area contributed by atoms with E-state index in [9.17, 15) is 5.11 Å². The van der Waals surface area contributed by atoms with E-state index in [2.05, 4.69) is 24.9 Å². The van der Waals surface area contributed by atoms with Crippen LogP contribution in [0.5, 0.6) is 0 Å². The second kappa shape index (κ2) is 3.79. The standard InChI is InChI=1S/C14H17NOS/c1-14(2)8-9(14)11(16)7-13-15-10-5-3-4-6-12(10)17-13/h3-6,9,11,16H,7-8H2,1-2H3. The first kappa shape index (κ1) is 11.2. The van der Waals surface area contributed by atoms with Crippen LogP contribution in [0.2, 0.25) is 0 Å².